The van der Waals surface area contributed by atoms with Crippen LogP contribution in [0.2, 0.25) is 0 Å². The highest BCUT2D eigenvalue weighted by atomic mass is 16.7. The first-order valence-electron chi connectivity index (χ1n) is 29.8. The molecule has 2 aliphatic rings. The number of aliphatic hydroxyl groups excluding tert-OH is 8. The predicted octanol–water partition coefficient (Wildman–Crippen LogP) is 10.1. The number of carbonyl (C=O) groups is 1. The molecular formula is C62H107NO13. The Kier molecular flexibility index (Phi) is 42.9. The van der Waals surface area contributed by atoms with Crippen molar-refractivity contribution in [3.63, 3.8) is 0 Å². The molecule has 2 saturated heterocycles. The van der Waals surface area contributed by atoms with Crippen LogP contribution in [0.1, 0.15) is 206 Å². The fourth-order valence-corrected chi connectivity index (χ4v) is 9.28. The van der Waals surface area contributed by atoms with Crippen molar-refractivity contribution in [3.05, 3.63) is 85.1 Å². The number of amides is 1. The van der Waals surface area contributed by atoms with E-state index in [2.05, 4.69) is 86.0 Å². The van der Waals surface area contributed by atoms with Crippen molar-refractivity contribution < 1.29 is 64.6 Å². The normalized spacial score (nSPS) is 25.5. The first kappa shape index (κ1) is 69.3. The fourth-order valence-electron chi connectivity index (χ4n) is 9.28. The van der Waals surface area contributed by atoms with Crippen LogP contribution in [-0.4, -0.2) is 140 Å². The highest BCUT2D eigenvalue weighted by Gasteiger charge is 2.51. The topological polar surface area (TPSA) is 228 Å². The molecule has 0 bridgehead atoms. The fraction of sp³-hybridized carbons (Fsp3) is 0.758. The zero-order chi connectivity index (χ0) is 55.3. The molecular weight excluding hydrogens is 967 g/mol. The van der Waals surface area contributed by atoms with Gasteiger partial charge in [-0.2, -0.15) is 0 Å². The summed E-state index contributed by atoms with van der Waals surface area (Å²) in [4.78, 5) is 13.2. The van der Waals surface area contributed by atoms with E-state index in [-0.39, 0.29) is 18.9 Å². The van der Waals surface area contributed by atoms with Gasteiger partial charge in [-0.25, -0.2) is 0 Å². The van der Waals surface area contributed by atoms with Crippen LogP contribution in [-0.2, 0) is 23.7 Å². The summed E-state index contributed by atoms with van der Waals surface area (Å²) >= 11 is 0. The molecule has 2 heterocycles. The predicted molar refractivity (Wildman–Crippen MR) is 304 cm³/mol. The standard InChI is InChI=1S/C62H107NO13/c1-3-5-7-9-11-13-15-17-19-21-22-23-24-25-26-27-28-30-31-33-35-37-39-41-43-45-51(66)50(63-54(67)46-44-42-40-38-36-34-32-29-20-18-16-14-12-10-8-6-4-2)49-73-61-59(72)57(70)60(53(48-65)75-61)76-62-58(71)56(69)55(68)52(47-64)74-62/h6,8,12,14,18,20,32,34-35,37-38,40,43,45,50-53,55-62,64-66,68-72H,3-5,7,9-11,13,15-17,19,21-31,33,36,39,41-42,44,46-49H2,1-2H3,(H,63,67)/b8-6-,14-12-,20-18-,34-32-,37-35+,40-38-,45-43+. The lowest BCUT2D eigenvalue weighted by Crippen LogP contribution is -2.65. The minimum atomic E-state index is -1.80. The second-order valence-electron chi connectivity index (χ2n) is 20.7. The van der Waals surface area contributed by atoms with Crippen LogP contribution in [0.3, 0.4) is 0 Å². The highest BCUT2D eigenvalue weighted by Crippen LogP contribution is 2.30. The number of carbonyl (C=O) groups excluding carboxylic acids is 1. The lowest BCUT2D eigenvalue weighted by Gasteiger charge is -2.46. The van der Waals surface area contributed by atoms with Crippen LogP contribution in [0.25, 0.3) is 0 Å². The van der Waals surface area contributed by atoms with Gasteiger partial charge >= 0.3 is 0 Å². The Morgan fingerprint density at radius 2 is 0.921 bits per heavy atom. The zero-order valence-corrected chi connectivity index (χ0v) is 47.0. The van der Waals surface area contributed by atoms with Crippen molar-refractivity contribution in [3.8, 4) is 0 Å². The number of aliphatic hydroxyl groups is 8. The van der Waals surface area contributed by atoms with Crippen molar-refractivity contribution in [1.82, 2.24) is 5.32 Å². The van der Waals surface area contributed by atoms with Gasteiger partial charge in [-0.05, 0) is 70.6 Å². The van der Waals surface area contributed by atoms with Crippen LogP contribution >= 0.6 is 0 Å². The molecule has 12 atom stereocenters. The van der Waals surface area contributed by atoms with Gasteiger partial charge < -0.3 is 65.1 Å². The number of hydrogen-bond donors (Lipinski definition) is 9. The van der Waals surface area contributed by atoms with Crippen molar-refractivity contribution in [2.75, 3.05) is 19.8 Å². The molecule has 438 valence electrons. The summed E-state index contributed by atoms with van der Waals surface area (Å²) in [6.07, 6.45) is 46.4. The number of allylic oxidation sites excluding steroid dienone is 13. The van der Waals surface area contributed by atoms with Crippen LogP contribution in [0, 0.1) is 0 Å². The second-order valence-corrected chi connectivity index (χ2v) is 20.7. The number of hydrogen-bond acceptors (Lipinski definition) is 13. The number of rotatable bonds is 46. The van der Waals surface area contributed by atoms with E-state index in [0.717, 1.165) is 44.9 Å². The van der Waals surface area contributed by atoms with E-state index >= 15 is 0 Å². The van der Waals surface area contributed by atoms with Gasteiger partial charge in [0, 0.05) is 6.42 Å². The lowest BCUT2D eigenvalue weighted by atomic mass is 9.97. The van der Waals surface area contributed by atoms with Gasteiger partial charge in [-0.1, -0.05) is 214 Å². The van der Waals surface area contributed by atoms with E-state index in [1.807, 2.05) is 12.2 Å². The molecule has 0 aliphatic carbocycles. The Bertz CT molecular complexity index is 1600. The van der Waals surface area contributed by atoms with Crippen molar-refractivity contribution in [2.45, 2.75) is 280 Å². The SMILES string of the molecule is CC/C=C\C/C=C\C/C=C\C/C=C\C/C=C\CCCC(=O)NC(COC1OC(CO)C(OC2OC(CO)C(O)C(O)C2O)C(O)C1O)C(O)/C=C/CC/C=C/CCCCCCCCCCCCCCCCCCCCC. The summed E-state index contributed by atoms with van der Waals surface area (Å²) in [6.45, 7) is 2.62. The lowest BCUT2D eigenvalue weighted by molar-refractivity contribution is -0.359. The summed E-state index contributed by atoms with van der Waals surface area (Å²) in [6, 6.07) is -0.967. The maximum absolute atomic E-state index is 13.2. The highest BCUT2D eigenvalue weighted by molar-refractivity contribution is 5.76. The zero-order valence-electron chi connectivity index (χ0n) is 47.0. The summed E-state index contributed by atoms with van der Waals surface area (Å²) in [5.74, 6) is -0.308. The Hall–Kier alpha value is -2.83. The number of ether oxygens (including phenoxy) is 4. The van der Waals surface area contributed by atoms with Gasteiger partial charge in [0.25, 0.3) is 0 Å². The van der Waals surface area contributed by atoms with Gasteiger partial charge in [0.15, 0.2) is 12.6 Å². The molecule has 2 rings (SSSR count). The summed E-state index contributed by atoms with van der Waals surface area (Å²) in [5.41, 5.74) is 0. The molecule has 2 fully saturated rings. The minimum Gasteiger partial charge on any atom is -0.394 e. The van der Waals surface area contributed by atoms with E-state index in [9.17, 15) is 45.6 Å². The van der Waals surface area contributed by atoms with E-state index in [1.54, 1.807) is 6.08 Å². The van der Waals surface area contributed by atoms with Crippen molar-refractivity contribution >= 4 is 5.91 Å². The third kappa shape index (κ3) is 32.3. The van der Waals surface area contributed by atoms with Gasteiger partial charge in [0.1, 0.15) is 48.8 Å². The summed E-state index contributed by atoms with van der Waals surface area (Å²) < 4.78 is 22.7. The molecule has 2 aliphatic heterocycles. The molecule has 12 unspecified atom stereocenters. The van der Waals surface area contributed by atoms with Gasteiger partial charge in [0.05, 0.1) is 32.0 Å². The molecule has 0 spiro atoms. The van der Waals surface area contributed by atoms with Crippen LogP contribution in [0.15, 0.2) is 85.1 Å². The molecule has 1 amide bonds. The van der Waals surface area contributed by atoms with Gasteiger partial charge in [0.2, 0.25) is 5.91 Å². The van der Waals surface area contributed by atoms with E-state index in [4.69, 9.17) is 18.9 Å². The van der Waals surface area contributed by atoms with Crippen molar-refractivity contribution in [1.29, 1.82) is 0 Å². The minimum absolute atomic E-state index is 0.191. The van der Waals surface area contributed by atoms with Crippen LogP contribution < -0.4 is 5.32 Å². The Morgan fingerprint density at radius 3 is 1.45 bits per heavy atom. The maximum Gasteiger partial charge on any atom is 0.220 e. The average molecular weight is 1070 g/mol. The summed E-state index contributed by atoms with van der Waals surface area (Å²) in [5, 5.41) is 87.0. The third-order valence-corrected chi connectivity index (χ3v) is 14.1. The van der Waals surface area contributed by atoms with E-state index < -0.39 is 86.8 Å². The monoisotopic (exact) mass is 1070 g/mol. The molecule has 14 heteroatoms. The molecule has 14 nitrogen and oxygen atoms in total. The smallest absolute Gasteiger partial charge is 0.220 e. The molecule has 0 aromatic rings. The molecule has 76 heavy (non-hydrogen) atoms. The Labute approximate surface area is 459 Å². The second kappa shape index (κ2) is 47.0. The largest absolute Gasteiger partial charge is 0.394 e. The van der Waals surface area contributed by atoms with Gasteiger partial charge in [-0.15, -0.1) is 0 Å². The number of nitrogens with one attached hydrogen (secondary N) is 1. The Balaban J connectivity index is 1.80. The molecule has 0 radical (unpaired) electrons. The van der Waals surface area contributed by atoms with E-state index in [1.165, 1.54) is 122 Å². The molecule has 9 N–H and O–H groups in total. The molecule has 0 aromatic heterocycles. The maximum atomic E-state index is 13.2. The van der Waals surface area contributed by atoms with Gasteiger partial charge in [-0.3, -0.25) is 4.79 Å². The molecule has 0 saturated carbocycles. The van der Waals surface area contributed by atoms with Crippen LogP contribution in [0.4, 0.5) is 0 Å². The van der Waals surface area contributed by atoms with Crippen LogP contribution in [0.5, 0.6) is 0 Å². The van der Waals surface area contributed by atoms with E-state index in [0.29, 0.717) is 19.3 Å². The first-order chi connectivity index (χ1) is 37.1. The third-order valence-electron chi connectivity index (χ3n) is 14.1. The quantitative estimate of drug-likeness (QED) is 0.0205. The Morgan fingerprint density at radius 1 is 0.487 bits per heavy atom. The van der Waals surface area contributed by atoms with Crippen molar-refractivity contribution in [2.24, 2.45) is 0 Å². The first-order valence-corrected chi connectivity index (χ1v) is 29.8. The average Bonchev–Trinajstić information content (AvgIpc) is 3.42. The summed E-state index contributed by atoms with van der Waals surface area (Å²) in [7, 11) is 0. The molecule has 0 aromatic carbocycles. The number of unbranched alkanes of at least 4 members (excludes halogenated alkanes) is 21.